The van der Waals surface area contributed by atoms with Crippen LogP contribution in [0.15, 0.2) is 78.3 Å². The van der Waals surface area contributed by atoms with E-state index in [4.69, 9.17) is 5.73 Å². The highest BCUT2D eigenvalue weighted by atomic mass is 32.1. The van der Waals surface area contributed by atoms with Gasteiger partial charge < -0.3 is 10.8 Å². The summed E-state index contributed by atoms with van der Waals surface area (Å²) in [6.45, 7) is 0.305. The van der Waals surface area contributed by atoms with Gasteiger partial charge in [-0.05, 0) is 48.0 Å². The smallest absolute Gasteiger partial charge is 0.284 e. The molecule has 1 atom stereocenters. The average molecular weight is 474 g/mol. The molecule has 1 aliphatic heterocycles. The monoisotopic (exact) mass is 473 g/mol. The zero-order valence-electron chi connectivity index (χ0n) is 17.9. The Morgan fingerprint density at radius 2 is 2.06 bits per heavy atom. The third kappa shape index (κ3) is 4.07. The van der Waals surface area contributed by atoms with Crippen molar-refractivity contribution in [3.63, 3.8) is 0 Å². The van der Waals surface area contributed by atoms with Crippen LogP contribution in [0.4, 0.5) is 4.39 Å². The van der Waals surface area contributed by atoms with Gasteiger partial charge in [0, 0.05) is 37.1 Å². The highest BCUT2D eigenvalue weighted by molar-refractivity contribution is 7.17. The summed E-state index contributed by atoms with van der Waals surface area (Å²) >= 11 is 1.28. The number of aromatic hydroxyl groups is 1. The Kier molecular flexibility index (Phi) is 5.87. The molecule has 0 bridgehead atoms. The van der Waals surface area contributed by atoms with Gasteiger partial charge in [-0.1, -0.05) is 12.1 Å². The van der Waals surface area contributed by atoms with Gasteiger partial charge in [0.05, 0.1) is 32.8 Å². The quantitative estimate of drug-likeness (QED) is 0.444. The van der Waals surface area contributed by atoms with Crippen LogP contribution in [0, 0.1) is 5.82 Å². The van der Waals surface area contributed by atoms with E-state index in [-0.39, 0.29) is 17.7 Å². The van der Waals surface area contributed by atoms with Crippen molar-refractivity contribution in [3.05, 3.63) is 101 Å². The van der Waals surface area contributed by atoms with Gasteiger partial charge in [-0.2, -0.15) is 5.10 Å². The molecule has 3 N–H and O–H groups in total. The maximum Gasteiger partial charge on any atom is 0.284 e. The van der Waals surface area contributed by atoms with E-state index in [2.05, 4.69) is 15.1 Å². The van der Waals surface area contributed by atoms with E-state index in [1.165, 1.54) is 34.5 Å². The van der Waals surface area contributed by atoms with Crippen molar-refractivity contribution in [2.24, 2.45) is 10.8 Å². The second-order valence-corrected chi connectivity index (χ2v) is 8.84. The van der Waals surface area contributed by atoms with E-state index in [1.54, 1.807) is 24.7 Å². The maximum atomic E-state index is 14.8. The Balaban J connectivity index is 1.55. The summed E-state index contributed by atoms with van der Waals surface area (Å²) in [6, 6.07) is 14.2. The number of nitrogens with two attached hydrogens (primary N) is 1. The van der Waals surface area contributed by atoms with Crippen molar-refractivity contribution in [1.82, 2.24) is 15.0 Å². The lowest BCUT2D eigenvalue weighted by atomic mass is 9.97. The molecule has 0 spiro atoms. The van der Waals surface area contributed by atoms with E-state index in [9.17, 15) is 14.3 Å². The van der Waals surface area contributed by atoms with Crippen LogP contribution < -0.4 is 5.73 Å². The Labute approximate surface area is 199 Å². The van der Waals surface area contributed by atoms with Crippen LogP contribution in [0.25, 0.3) is 10.6 Å². The molecule has 0 saturated carbocycles. The van der Waals surface area contributed by atoms with Crippen LogP contribution in [-0.2, 0) is 6.54 Å². The Morgan fingerprint density at radius 3 is 2.82 bits per heavy atom. The number of carbonyl (C=O) groups excluding carboxylic acids is 1. The first kappa shape index (κ1) is 21.9. The molecule has 4 heterocycles. The summed E-state index contributed by atoms with van der Waals surface area (Å²) in [5.74, 6) is -1.22. The summed E-state index contributed by atoms with van der Waals surface area (Å²) in [5, 5.41) is 16.3. The zero-order chi connectivity index (χ0) is 23.7. The number of pyridine rings is 2. The second-order valence-electron chi connectivity index (χ2n) is 7.75. The predicted molar refractivity (Wildman–Crippen MR) is 128 cm³/mol. The van der Waals surface area contributed by atoms with Gasteiger partial charge in [0.25, 0.3) is 5.91 Å². The molecule has 1 aliphatic rings. The first-order valence-electron chi connectivity index (χ1n) is 10.6. The lowest BCUT2D eigenvalue weighted by Gasteiger charge is -2.22. The molecule has 3 aromatic heterocycles. The molecule has 7 nitrogen and oxygen atoms in total. The van der Waals surface area contributed by atoms with Gasteiger partial charge in [0.1, 0.15) is 11.6 Å². The fourth-order valence-corrected chi connectivity index (χ4v) is 4.84. The summed E-state index contributed by atoms with van der Waals surface area (Å²) in [5.41, 5.74) is 8.60. The summed E-state index contributed by atoms with van der Waals surface area (Å²) in [4.78, 5) is 23.4. The van der Waals surface area contributed by atoms with Crippen molar-refractivity contribution in [3.8, 4) is 16.3 Å². The minimum atomic E-state index is -0.814. The van der Waals surface area contributed by atoms with E-state index in [0.717, 1.165) is 16.1 Å². The third-order valence-electron chi connectivity index (χ3n) is 5.58. The van der Waals surface area contributed by atoms with E-state index in [1.807, 2.05) is 30.3 Å². The Bertz CT molecular complexity index is 1370. The minimum Gasteiger partial charge on any atom is -0.507 e. The first-order chi connectivity index (χ1) is 16.5. The van der Waals surface area contributed by atoms with Crippen LogP contribution >= 0.6 is 11.3 Å². The first-order valence-corrected chi connectivity index (χ1v) is 11.4. The molecule has 0 saturated heterocycles. The number of hydrogen-bond donors (Lipinski definition) is 2. The number of aromatic nitrogens is 2. The highest BCUT2D eigenvalue weighted by Gasteiger charge is 2.37. The number of carbonyl (C=O) groups is 1. The van der Waals surface area contributed by atoms with Crippen LogP contribution in [0.5, 0.6) is 5.75 Å². The summed E-state index contributed by atoms with van der Waals surface area (Å²) in [7, 11) is 0. The van der Waals surface area contributed by atoms with E-state index < -0.39 is 17.8 Å². The molecule has 0 aliphatic carbocycles. The van der Waals surface area contributed by atoms with Crippen LogP contribution in [0.1, 0.15) is 38.8 Å². The number of benzene rings is 1. The lowest BCUT2D eigenvalue weighted by molar-refractivity contribution is 0.0712. The number of rotatable bonds is 5. The standard InChI is InChI=1S/C25H20FN5O2S/c26-17-4-3-6-21(32)24(17)20-11-19(16-10-15(12-27)13-28-14-16)30-31(20)25(33)23-8-7-22(34-23)18-5-1-2-9-29-18/h1-10,13-14,20,32H,11-12,27H2. The third-order valence-corrected chi connectivity index (χ3v) is 6.68. The van der Waals surface area contributed by atoms with Gasteiger partial charge >= 0.3 is 0 Å². The molecule has 34 heavy (non-hydrogen) atoms. The fraction of sp³-hybridized carbons (Fsp3) is 0.120. The Hall–Kier alpha value is -3.95. The number of phenols is 1. The van der Waals surface area contributed by atoms with Gasteiger partial charge in [-0.15, -0.1) is 11.3 Å². The second kappa shape index (κ2) is 9.12. The van der Waals surface area contributed by atoms with Gasteiger partial charge in [0.15, 0.2) is 0 Å². The van der Waals surface area contributed by atoms with Crippen LogP contribution in [-0.4, -0.2) is 31.7 Å². The van der Waals surface area contributed by atoms with Gasteiger partial charge in [-0.25, -0.2) is 9.40 Å². The molecule has 1 unspecified atom stereocenters. The lowest BCUT2D eigenvalue weighted by Crippen LogP contribution is -2.27. The van der Waals surface area contributed by atoms with Crippen LogP contribution in [0.2, 0.25) is 0 Å². The number of thiophene rings is 1. The molecule has 1 amide bonds. The number of hydrazone groups is 1. The molecule has 0 radical (unpaired) electrons. The summed E-state index contributed by atoms with van der Waals surface area (Å²) in [6.07, 6.45) is 5.20. The molecule has 170 valence electrons. The van der Waals surface area contributed by atoms with Crippen LogP contribution in [0.3, 0.4) is 0 Å². The van der Waals surface area contributed by atoms with Crippen molar-refractivity contribution >= 4 is 23.0 Å². The normalized spacial score (nSPS) is 15.4. The number of phenolic OH excluding ortho intramolecular Hbond substituents is 1. The predicted octanol–water partition coefficient (Wildman–Crippen LogP) is 4.50. The molecule has 1 aromatic carbocycles. The molecule has 0 fully saturated rings. The van der Waals surface area contributed by atoms with Gasteiger partial charge in [0.2, 0.25) is 0 Å². The number of hydrogen-bond acceptors (Lipinski definition) is 7. The molecule has 9 heteroatoms. The van der Waals surface area contributed by atoms with E-state index in [0.29, 0.717) is 22.7 Å². The number of nitrogens with zero attached hydrogens (tertiary/aromatic N) is 4. The van der Waals surface area contributed by atoms with Crippen molar-refractivity contribution < 1.29 is 14.3 Å². The number of amides is 1. The van der Waals surface area contributed by atoms with Crippen molar-refractivity contribution in [1.29, 1.82) is 0 Å². The van der Waals surface area contributed by atoms with Gasteiger partial charge in [-0.3, -0.25) is 14.8 Å². The van der Waals surface area contributed by atoms with Crippen molar-refractivity contribution in [2.45, 2.75) is 19.0 Å². The molecular weight excluding hydrogens is 453 g/mol. The largest absolute Gasteiger partial charge is 0.507 e. The highest BCUT2D eigenvalue weighted by Crippen LogP contribution is 2.40. The average Bonchev–Trinajstić information content (AvgIpc) is 3.53. The fourth-order valence-electron chi connectivity index (χ4n) is 3.92. The maximum absolute atomic E-state index is 14.8. The molecule has 5 rings (SSSR count). The molecular formula is C25H20FN5O2S. The van der Waals surface area contributed by atoms with Crippen molar-refractivity contribution in [2.75, 3.05) is 0 Å². The van der Waals surface area contributed by atoms with E-state index >= 15 is 0 Å². The summed E-state index contributed by atoms with van der Waals surface area (Å²) < 4.78 is 14.8. The topological polar surface area (TPSA) is 105 Å². The SMILES string of the molecule is NCc1cncc(C2=NN(C(=O)c3ccc(-c4ccccn4)s3)C(c3c(O)cccc3F)C2)c1. The Morgan fingerprint density at radius 1 is 1.18 bits per heavy atom. The zero-order valence-corrected chi connectivity index (χ0v) is 18.7. The molecule has 4 aromatic rings. The number of halogens is 1. The minimum absolute atomic E-state index is 0.0269.